The molecule has 20 heteroatoms. The van der Waals surface area contributed by atoms with E-state index in [0.717, 1.165) is 19.4 Å². The minimum atomic E-state index is -1.14. The summed E-state index contributed by atoms with van der Waals surface area (Å²) in [6, 6.07) is -3.31. The Labute approximate surface area is 367 Å². The monoisotopic (exact) mass is 881 g/mol. The number of hydrogen-bond acceptors (Lipinski definition) is 9. The van der Waals surface area contributed by atoms with Crippen LogP contribution in [0.3, 0.4) is 0 Å². The van der Waals surface area contributed by atoms with Crippen LogP contribution in [0.1, 0.15) is 148 Å². The summed E-state index contributed by atoms with van der Waals surface area (Å²) < 4.78 is 0. The van der Waals surface area contributed by atoms with Gasteiger partial charge in [0.1, 0.15) is 18.1 Å². The first kappa shape index (κ1) is 54.3. The molecule has 0 aromatic heterocycles. The molecule has 348 valence electrons. The van der Waals surface area contributed by atoms with Crippen molar-refractivity contribution < 1.29 is 33.6 Å². The number of guanidine groups is 1. The lowest BCUT2D eigenvalue weighted by molar-refractivity contribution is -0.133. The van der Waals surface area contributed by atoms with Crippen LogP contribution in [0.15, 0.2) is 4.99 Å². The second-order valence-corrected chi connectivity index (χ2v) is 16.0. The van der Waals surface area contributed by atoms with E-state index >= 15 is 0 Å². The van der Waals surface area contributed by atoms with Gasteiger partial charge in [0.15, 0.2) is 11.1 Å². The summed E-state index contributed by atoms with van der Waals surface area (Å²) in [6.45, 7) is 3.16. The Balaban J connectivity index is 2.85. The molecule has 7 amide bonds. The first-order valence-electron chi connectivity index (χ1n) is 22.4. The van der Waals surface area contributed by atoms with Crippen LogP contribution in [0.4, 0.5) is 0 Å². The van der Waals surface area contributed by atoms with E-state index in [2.05, 4.69) is 54.5 Å². The lowest BCUT2D eigenvalue weighted by atomic mass is 10.0. The molecule has 0 aromatic carbocycles. The summed E-state index contributed by atoms with van der Waals surface area (Å²) in [6.07, 6.45) is 17.5. The minimum absolute atomic E-state index is 0.0844. The Morgan fingerprint density at radius 2 is 1.13 bits per heavy atom. The molecule has 0 radical (unpaired) electrons. The Kier molecular flexibility index (Phi) is 31.1. The molecular weight excluding hydrogens is 805 g/mol. The first-order chi connectivity index (χ1) is 29.3. The number of aliphatic imine (C=N–C) groups is 1. The Hall–Kier alpha value is -4.75. The molecule has 1 aliphatic heterocycles. The van der Waals surface area contributed by atoms with E-state index in [9.17, 15) is 33.6 Å². The molecule has 14 N–H and O–H groups in total. The molecule has 0 aromatic rings. The van der Waals surface area contributed by atoms with Crippen LogP contribution in [0, 0.1) is 0 Å². The van der Waals surface area contributed by atoms with Crippen molar-refractivity contribution in [1.29, 1.82) is 0 Å². The van der Waals surface area contributed by atoms with E-state index in [1.165, 1.54) is 64.2 Å². The van der Waals surface area contributed by atoms with Crippen LogP contribution >= 0.6 is 12.2 Å². The lowest BCUT2D eigenvalue weighted by Gasteiger charge is -2.25. The zero-order valence-corrected chi connectivity index (χ0v) is 37.3. The zero-order valence-electron chi connectivity index (χ0n) is 36.5. The van der Waals surface area contributed by atoms with E-state index in [0.29, 0.717) is 37.3 Å². The van der Waals surface area contributed by atoms with Crippen molar-refractivity contribution in [3.63, 3.8) is 0 Å². The fraction of sp³-hybridized carbons (Fsp3) is 0.780. The number of nitrogens with zero attached hydrogens (tertiary/aromatic N) is 1. The smallest absolute Gasteiger partial charge is 0.243 e. The van der Waals surface area contributed by atoms with Crippen molar-refractivity contribution in [2.24, 2.45) is 22.2 Å². The number of hydrogen-bond donors (Lipinski definition) is 11. The number of carbonyl (C=O) groups excluding carboxylic acids is 7. The molecular formula is C41H76N12O7S. The highest BCUT2D eigenvalue weighted by Gasteiger charge is 2.29. The van der Waals surface area contributed by atoms with Crippen LogP contribution in [0.25, 0.3) is 0 Å². The van der Waals surface area contributed by atoms with Gasteiger partial charge in [-0.25, -0.2) is 0 Å². The van der Waals surface area contributed by atoms with Gasteiger partial charge in [-0.15, -0.1) is 0 Å². The average molecular weight is 881 g/mol. The lowest BCUT2D eigenvalue weighted by Crippen LogP contribution is -2.57. The molecule has 1 aliphatic rings. The number of nitrogens with two attached hydrogens (primary N) is 3. The van der Waals surface area contributed by atoms with E-state index in [1.54, 1.807) is 0 Å². The second-order valence-electron chi connectivity index (χ2n) is 15.6. The average Bonchev–Trinajstić information content (AvgIpc) is 3.22. The summed E-state index contributed by atoms with van der Waals surface area (Å²) in [4.78, 5) is 93.3. The molecule has 0 bridgehead atoms. The van der Waals surface area contributed by atoms with Gasteiger partial charge in [-0.2, -0.15) is 0 Å². The highest BCUT2D eigenvalue weighted by atomic mass is 32.1. The predicted molar refractivity (Wildman–Crippen MR) is 241 cm³/mol. The van der Waals surface area contributed by atoms with Crippen LogP contribution in [0.5, 0.6) is 0 Å². The quantitative estimate of drug-likeness (QED) is 0.0292. The third-order valence-electron chi connectivity index (χ3n) is 10.1. The van der Waals surface area contributed by atoms with Crippen molar-refractivity contribution in [2.45, 2.75) is 166 Å². The summed E-state index contributed by atoms with van der Waals surface area (Å²) >= 11 is 5.45. The number of thiocarbonyl (C=S) groups is 1. The molecule has 0 unspecified atom stereocenters. The normalized spacial score (nSPS) is 19.2. The molecule has 1 fully saturated rings. The van der Waals surface area contributed by atoms with Crippen LogP contribution in [-0.4, -0.2) is 110 Å². The van der Waals surface area contributed by atoms with Crippen molar-refractivity contribution in [1.82, 2.24) is 42.5 Å². The standard InChI is InChI=1S/C41H76N12O7S/c1-2-3-4-5-6-7-8-9-10-11-12-15-25-47-41(61)48-26-17-14-20-32-39(60)52-30(37(42)58)19-13-16-24-45-35(56)28-49-33(54)22-23-34(55)50-29-36(57)51-31(38(59)53-32)21-18-27-46-40(43)44/h30-32H,2-29H2,1H3,(H2,42,58)(H,45,56)(H,49,54)(H,50,55)(H,51,57)(H,52,60)(H,53,59)(H4,43,44,46)(H2,47,48,61)/t30-,31-,32-/m0/s1. The summed E-state index contributed by atoms with van der Waals surface area (Å²) in [5.41, 5.74) is 16.5. The van der Waals surface area contributed by atoms with Crippen molar-refractivity contribution in [2.75, 3.05) is 39.3 Å². The van der Waals surface area contributed by atoms with Crippen LogP contribution in [-0.2, 0) is 33.6 Å². The Morgan fingerprint density at radius 3 is 1.70 bits per heavy atom. The predicted octanol–water partition coefficient (Wildman–Crippen LogP) is 0.628. The first-order valence-corrected chi connectivity index (χ1v) is 22.8. The highest BCUT2D eigenvalue weighted by molar-refractivity contribution is 7.80. The summed E-state index contributed by atoms with van der Waals surface area (Å²) in [7, 11) is 0. The highest BCUT2D eigenvalue weighted by Crippen LogP contribution is 2.12. The van der Waals surface area contributed by atoms with Gasteiger partial charge in [-0.05, 0) is 70.0 Å². The van der Waals surface area contributed by atoms with Gasteiger partial charge in [0, 0.05) is 39.0 Å². The van der Waals surface area contributed by atoms with E-state index in [1.807, 2.05) is 0 Å². The summed E-state index contributed by atoms with van der Waals surface area (Å²) in [5.74, 6) is -4.47. The molecule has 3 atom stereocenters. The third-order valence-corrected chi connectivity index (χ3v) is 10.4. The molecule has 19 nitrogen and oxygen atoms in total. The van der Waals surface area contributed by atoms with Crippen molar-refractivity contribution >= 4 is 64.6 Å². The third kappa shape index (κ3) is 30.0. The largest absolute Gasteiger partial charge is 0.370 e. The Morgan fingerprint density at radius 1 is 0.623 bits per heavy atom. The van der Waals surface area contributed by atoms with E-state index in [4.69, 9.17) is 29.4 Å². The molecule has 0 saturated carbocycles. The topological polar surface area (TPSA) is 306 Å². The van der Waals surface area contributed by atoms with Crippen LogP contribution in [0.2, 0.25) is 0 Å². The number of rotatable bonds is 23. The van der Waals surface area contributed by atoms with E-state index in [-0.39, 0.29) is 64.1 Å². The van der Waals surface area contributed by atoms with Gasteiger partial charge in [-0.3, -0.25) is 38.6 Å². The van der Waals surface area contributed by atoms with Gasteiger partial charge in [0.05, 0.1) is 13.1 Å². The van der Waals surface area contributed by atoms with Crippen LogP contribution < -0.4 is 59.7 Å². The van der Waals surface area contributed by atoms with Gasteiger partial charge in [-0.1, -0.05) is 77.6 Å². The van der Waals surface area contributed by atoms with Gasteiger partial charge in [0.2, 0.25) is 41.4 Å². The van der Waals surface area contributed by atoms with Gasteiger partial charge < -0.3 is 59.7 Å². The maximum atomic E-state index is 13.7. The van der Waals surface area contributed by atoms with Gasteiger partial charge >= 0.3 is 0 Å². The SMILES string of the molecule is CCCCCCCCCCCCCCNC(=S)NCCCC[C@@H]1NC(=O)[C@H](CCCN=C(N)N)NC(=O)CNC(=O)CCC(=O)NCC(=O)NCCCC[C@@H](C(N)=O)NC1=O. The molecule has 0 spiro atoms. The second kappa shape index (κ2) is 34.9. The van der Waals surface area contributed by atoms with Crippen molar-refractivity contribution in [3.05, 3.63) is 0 Å². The number of carbonyl (C=O) groups is 7. The molecule has 1 heterocycles. The minimum Gasteiger partial charge on any atom is -0.370 e. The fourth-order valence-corrected chi connectivity index (χ4v) is 6.75. The van der Waals surface area contributed by atoms with E-state index < -0.39 is 66.0 Å². The molecule has 61 heavy (non-hydrogen) atoms. The number of unbranched alkanes of at least 4 members (excludes halogenated alkanes) is 12. The Bertz CT molecular complexity index is 1380. The molecule has 1 saturated heterocycles. The van der Waals surface area contributed by atoms with Gasteiger partial charge in [0.25, 0.3) is 0 Å². The number of nitrogens with one attached hydrogen (secondary N) is 8. The summed E-state index contributed by atoms with van der Waals surface area (Å²) in [5, 5.41) is 22.5. The maximum absolute atomic E-state index is 13.7. The number of amides is 7. The molecule has 1 rings (SSSR count). The number of primary amides is 1. The van der Waals surface area contributed by atoms with Crippen molar-refractivity contribution in [3.8, 4) is 0 Å². The maximum Gasteiger partial charge on any atom is 0.243 e. The zero-order chi connectivity index (χ0) is 45.1. The molecule has 0 aliphatic carbocycles. The fourth-order valence-electron chi connectivity index (χ4n) is 6.55.